The first kappa shape index (κ1) is 17.5. The molecule has 1 saturated heterocycles. The van der Waals surface area contributed by atoms with E-state index in [1.165, 1.54) is 6.07 Å². The molecule has 1 fully saturated rings. The summed E-state index contributed by atoms with van der Waals surface area (Å²) >= 11 is 0. The summed E-state index contributed by atoms with van der Waals surface area (Å²) < 4.78 is 14.0. The maximum absolute atomic E-state index is 14.0. The summed E-state index contributed by atoms with van der Waals surface area (Å²) in [6.45, 7) is 2.20. The van der Waals surface area contributed by atoms with Crippen LogP contribution in [0.3, 0.4) is 0 Å². The standard InChI is InChI=1S/C16H19FN4O3/c17-13-10-12(11-18)3-4-14(13)20-6-8-21(9-7-20)16(24)19-5-1-2-15(22)23/h3-4,10H,1-2,5-9H2,(H,19,24)(H,22,23). The number of benzene rings is 1. The van der Waals surface area contributed by atoms with Crippen LogP contribution in [0.5, 0.6) is 0 Å². The van der Waals surface area contributed by atoms with Crippen molar-refractivity contribution >= 4 is 17.7 Å². The number of carbonyl (C=O) groups is 2. The Morgan fingerprint density at radius 2 is 2.00 bits per heavy atom. The Balaban J connectivity index is 1.82. The average Bonchev–Trinajstić information content (AvgIpc) is 2.58. The molecule has 2 rings (SSSR count). The van der Waals surface area contributed by atoms with Gasteiger partial charge in [0, 0.05) is 39.1 Å². The molecule has 2 amide bonds. The van der Waals surface area contributed by atoms with Gasteiger partial charge in [-0.15, -0.1) is 0 Å². The van der Waals surface area contributed by atoms with Crippen LogP contribution in [0.1, 0.15) is 18.4 Å². The molecule has 2 N–H and O–H groups in total. The summed E-state index contributed by atoms with van der Waals surface area (Å²) in [6.07, 6.45) is 0.406. The maximum atomic E-state index is 14.0. The molecule has 0 atom stereocenters. The van der Waals surface area contributed by atoms with Crippen molar-refractivity contribution in [1.29, 1.82) is 5.26 Å². The zero-order chi connectivity index (χ0) is 17.5. The molecule has 1 aliphatic rings. The summed E-state index contributed by atoms with van der Waals surface area (Å²) in [7, 11) is 0. The van der Waals surface area contributed by atoms with E-state index in [0.29, 0.717) is 44.8 Å². The number of halogens is 1. The van der Waals surface area contributed by atoms with Gasteiger partial charge in [-0.2, -0.15) is 5.26 Å². The molecule has 0 unspecified atom stereocenters. The van der Waals surface area contributed by atoms with E-state index in [0.717, 1.165) is 0 Å². The first-order valence-corrected chi connectivity index (χ1v) is 7.70. The monoisotopic (exact) mass is 334 g/mol. The van der Waals surface area contributed by atoms with E-state index < -0.39 is 11.8 Å². The van der Waals surface area contributed by atoms with E-state index in [9.17, 15) is 14.0 Å². The van der Waals surface area contributed by atoms with Crippen LogP contribution in [0.4, 0.5) is 14.9 Å². The van der Waals surface area contributed by atoms with E-state index in [1.54, 1.807) is 17.0 Å². The van der Waals surface area contributed by atoms with Crippen LogP contribution in [0.2, 0.25) is 0 Å². The van der Waals surface area contributed by atoms with Crippen LogP contribution >= 0.6 is 0 Å². The van der Waals surface area contributed by atoms with Gasteiger partial charge in [0.25, 0.3) is 0 Å². The van der Waals surface area contributed by atoms with Gasteiger partial charge < -0.3 is 20.2 Å². The zero-order valence-electron chi connectivity index (χ0n) is 13.2. The van der Waals surface area contributed by atoms with Gasteiger partial charge in [0.1, 0.15) is 5.82 Å². The van der Waals surface area contributed by atoms with Crippen LogP contribution in [-0.2, 0) is 4.79 Å². The smallest absolute Gasteiger partial charge is 0.317 e. The molecule has 8 heteroatoms. The number of hydrogen-bond donors (Lipinski definition) is 2. The highest BCUT2D eigenvalue weighted by atomic mass is 19.1. The van der Waals surface area contributed by atoms with Crippen molar-refractivity contribution in [3.05, 3.63) is 29.6 Å². The summed E-state index contributed by atoms with van der Waals surface area (Å²) in [5.74, 6) is -1.33. The molecule has 0 aliphatic carbocycles. The summed E-state index contributed by atoms with van der Waals surface area (Å²) in [6, 6.07) is 6.01. The van der Waals surface area contributed by atoms with Gasteiger partial charge in [0.15, 0.2) is 0 Å². The molecule has 0 spiro atoms. The maximum Gasteiger partial charge on any atom is 0.317 e. The largest absolute Gasteiger partial charge is 0.481 e. The average molecular weight is 334 g/mol. The number of carboxylic acid groups (broad SMARTS) is 1. The number of amides is 2. The molecule has 24 heavy (non-hydrogen) atoms. The number of aliphatic carboxylic acids is 1. The summed E-state index contributed by atoms with van der Waals surface area (Å²) in [4.78, 5) is 25.8. The lowest BCUT2D eigenvalue weighted by Gasteiger charge is -2.36. The van der Waals surface area contributed by atoms with Crippen LogP contribution in [0.25, 0.3) is 0 Å². The molecule has 0 aromatic heterocycles. The van der Waals surface area contributed by atoms with Crippen molar-refractivity contribution in [3.8, 4) is 6.07 Å². The first-order valence-electron chi connectivity index (χ1n) is 7.70. The minimum absolute atomic E-state index is 0.0199. The van der Waals surface area contributed by atoms with Crippen LogP contribution in [0, 0.1) is 17.1 Å². The lowest BCUT2D eigenvalue weighted by atomic mass is 10.2. The minimum Gasteiger partial charge on any atom is -0.481 e. The van der Waals surface area contributed by atoms with E-state index in [2.05, 4.69) is 5.32 Å². The number of nitrogens with one attached hydrogen (secondary N) is 1. The van der Waals surface area contributed by atoms with Crippen LogP contribution in [0.15, 0.2) is 18.2 Å². The molecule has 7 nitrogen and oxygen atoms in total. The molecule has 128 valence electrons. The molecule has 0 radical (unpaired) electrons. The van der Waals surface area contributed by atoms with Gasteiger partial charge in [-0.25, -0.2) is 9.18 Å². The lowest BCUT2D eigenvalue weighted by Crippen LogP contribution is -2.52. The Bertz CT molecular complexity index is 651. The molecule has 1 aromatic rings. The van der Waals surface area contributed by atoms with E-state index in [1.807, 2.05) is 11.0 Å². The third-order valence-electron chi connectivity index (χ3n) is 3.83. The lowest BCUT2D eigenvalue weighted by molar-refractivity contribution is -0.137. The van der Waals surface area contributed by atoms with E-state index in [4.69, 9.17) is 10.4 Å². The summed E-state index contributed by atoms with van der Waals surface area (Å²) in [5, 5.41) is 20.0. The molecular formula is C16H19FN4O3. The van der Waals surface area contributed by atoms with Crippen molar-refractivity contribution in [2.24, 2.45) is 0 Å². The fourth-order valence-corrected chi connectivity index (χ4v) is 2.53. The topological polar surface area (TPSA) is 96.7 Å². The number of hydrogen-bond acceptors (Lipinski definition) is 4. The number of anilines is 1. The Hall–Kier alpha value is -2.82. The normalized spacial score (nSPS) is 14.2. The van der Waals surface area contributed by atoms with E-state index in [-0.39, 0.29) is 18.0 Å². The van der Waals surface area contributed by atoms with Gasteiger partial charge >= 0.3 is 12.0 Å². The van der Waals surface area contributed by atoms with Crippen molar-refractivity contribution < 1.29 is 19.1 Å². The van der Waals surface area contributed by atoms with Crippen molar-refractivity contribution in [1.82, 2.24) is 10.2 Å². The van der Waals surface area contributed by atoms with Crippen LogP contribution in [-0.4, -0.2) is 54.7 Å². The Labute approximate surface area is 139 Å². The van der Waals surface area contributed by atoms with Crippen molar-refractivity contribution in [3.63, 3.8) is 0 Å². The predicted molar refractivity (Wildman–Crippen MR) is 85.2 cm³/mol. The second-order valence-corrected chi connectivity index (χ2v) is 5.48. The number of carbonyl (C=O) groups excluding carboxylic acids is 1. The van der Waals surface area contributed by atoms with Gasteiger partial charge in [-0.3, -0.25) is 4.79 Å². The Morgan fingerprint density at radius 3 is 2.58 bits per heavy atom. The number of nitrogens with zero attached hydrogens (tertiary/aromatic N) is 3. The van der Waals surface area contributed by atoms with Crippen LogP contribution < -0.4 is 10.2 Å². The second kappa shape index (κ2) is 8.15. The number of piperazine rings is 1. The van der Waals surface area contributed by atoms with E-state index >= 15 is 0 Å². The Kier molecular flexibility index (Phi) is 5.95. The molecule has 1 aromatic carbocycles. The highest BCUT2D eigenvalue weighted by molar-refractivity contribution is 5.74. The highest BCUT2D eigenvalue weighted by Gasteiger charge is 2.22. The highest BCUT2D eigenvalue weighted by Crippen LogP contribution is 2.21. The van der Waals surface area contributed by atoms with Gasteiger partial charge in [0.2, 0.25) is 0 Å². The molecular weight excluding hydrogens is 315 g/mol. The number of carboxylic acids is 1. The van der Waals surface area contributed by atoms with Gasteiger partial charge in [-0.05, 0) is 24.6 Å². The minimum atomic E-state index is -0.887. The van der Waals surface area contributed by atoms with Gasteiger partial charge in [-0.1, -0.05) is 0 Å². The second-order valence-electron chi connectivity index (χ2n) is 5.48. The molecule has 0 saturated carbocycles. The number of nitriles is 1. The third-order valence-corrected chi connectivity index (χ3v) is 3.83. The molecule has 0 bridgehead atoms. The van der Waals surface area contributed by atoms with Crippen molar-refractivity contribution in [2.45, 2.75) is 12.8 Å². The fraction of sp³-hybridized carbons (Fsp3) is 0.438. The van der Waals surface area contributed by atoms with Gasteiger partial charge in [0.05, 0.1) is 17.3 Å². The Morgan fingerprint density at radius 1 is 1.29 bits per heavy atom. The summed E-state index contributed by atoms with van der Waals surface area (Å²) in [5.41, 5.74) is 0.700. The SMILES string of the molecule is N#Cc1ccc(N2CCN(C(=O)NCCCC(=O)O)CC2)c(F)c1. The van der Waals surface area contributed by atoms with Crippen molar-refractivity contribution in [2.75, 3.05) is 37.6 Å². The first-order chi connectivity index (χ1) is 11.5. The fourth-order valence-electron chi connectivity index (χ4n) is 2.53. The predicted octanol–water partition coefficient (Wildman–Crippen LogP) is 1.39. The third kappa shape index (κ3) is 4.59. The zero-order valence-corrected chi connectivity index (χ0v) is 13.2. The molecule has 1 aliphatic heterocycles. The number of urea groups is 1. The number of rotatable bonds is 5. The molecule has 1 heterocycles. The quantitative estimate of drug-likeness (QED) is 0.793.